The molecule has 24 heavy (non-hydrogen) atoms. The van der Waals surface area contributed by atoms with E-state index in [0.717, 1.165) is 34.4 Å². The maximum absolute atomic E-state index is 4.66. The lowest BCUT2D eigenvalue weighted by Gasteiger charge is -2.04. The zero-order valence-electron chi connectivity index (χ0n) is 13.7. The Balaban J connectivity index is 1.64. The smallest absolute Gasteiger partial charge is 0.141 e. The SMILES string of the molecule is Cc1cc(C#Cc2cn(-c3ccnc(C4CC4)n3)c(C)n2)ccn1. The molecular weight excluding hydrogens is 298 g/mol. The fourth-order valence-corrected chi connectivity index (χ4v) is 2.56. The Kier molecular flexibility index (Phi) is 3.58. The highest BCUT2D eigenvalue weighted by atomic mass is 15.1. The normalized spacial score (nSPS) is 13.4. The van der Waals surface area contributed by atoms with Gasteiger partial charge in [-0.25, -0.2) is 15.0 Å². The van der Waals surface area contributed by atoms with Crippen molar-refractivity contribution in [2.24, 2.45) is 0 Å². The Hall–Kier alpha value is -3.00. The van der Waals surface area contributed by atoms with E-state index < -0.39 is 0 Å². The molecule has 1 fully saturated rings. The fraction of sp³-hybridized carbons (Fsp3) is 0.263. The van der Waals surface area contributed by atoms with Gasteiger partial charge in [-0.3, -0.25) is 9.55 Å². The average Bonchev–Trinajstić information content (AvgIpc) is 3.36. The van der Waals surface area contributed by atoms with Gasteiger partial charge < -0.3 is 0 Å². The van der Waals surface area contributed by atoms with E-state index >= 15 is 0 Å². The van der Waals surface area contributed by atoms with E-state index in [0.29, 0.717) is 5.92 Å². The van der Waals surface area contributed by atoms with Crippen LogP contribution in [0.3, 0.4) is 0 Å². The third kappa shape index (κ3) is 3.04. The van der Waals surface area contributed by atoms with Crippen molar-refractivity contribution >= 4 is 0 Å². The lowest BCUT2D eigenvalue weighted by Crippen LogP contribution is -2.02. The lowest BCUT2D eigenvalue weighted by atomic mass is 10.2. The van der Waals surface area contributed by atoms with Crippen LogP contribution in [0.25, 0.3) is 5.82 Å². The number of imidazole rings is 1. The molecule has 118 valence electrons. The van der Waals surface area contributed by atoms with Gasteiger partial charge in [0.25, 0.3) is 0 Å². The van der Waals surface area contributed by atoms with Crippen molar-refractivity contribution in [3.63, 3.8) is 0 Å². The molecule has 0 saturated heterocycles. The Morgan fingerprint density at radius 3 is 2.67 bits per heavy atom. The van der Waals surface area contributed by atoms with Gasteiger partial charge in [0.15, 0.2) is 0 Å². The van der Waals surface area contributed by atoms with E-state index in [9.17, 15) is 0 Å². The zero-order chi connectivity index (χ0) is 16.5. The molecule has 0 unspecified atom stereocenters. The van der Waals surface area contributed by atoms with Crippen LogP contribution < -0.4 is 0 Å². The first-order chi connectivity index (χ1) is 11.7. The molecule has 3 aromatic heterocycles. The Labute approximate surface area is 140 Å². The predicted molar refractivity (Wildman–Crippen MR) is 90.8 cm³/mol. The van der Waals surface area contributed by atoms with Crippen molar-refractivity contribution in [2.75, 3.05) is 0 Å². The van der Waals surface area contributed by atoms with E-state index in [1.807, 2.05) is 49.0 Å². The zero-order valence-corrected chi connectivity index (χ0v) is 13.7. The van der Waals surface area contributed by atoms with Gasteiger partial charge in [0.2, 0.25) is 0 Å². The number of hydrogen-bond donors (Lipinski definition) is 0. The molecule has 3 aromatic rings. The third-order valence-electron chi connectivity index (χ3n) is 3.96. The van der Waals surface area contributed by atoms with Crippen LogP contribution in [0.4, 0.5) is 0 Å². The Morgan fingerprint density at radius 2 is 1.88 bits per heavy atom. The summed E-state index contributed by atoms with van der Waals surface area (Å²) in [7, 11) is 0. The van der Waals surface area contributed by atoms with E-state index in [4.69, 9.17) is 0 Å². The molecule has 1 aliphatic carbocycles. The van der Waals surface area contributed by atoms with Crippen LogP contribution in [0.2, 0.25) is 0 Å². The summed E-state index contributed by atoms with van der Waals surface area (Å²) in [6.45, 7) is 3.91. The molecule has 3 heterocycles. The molecule has 1 saturated carbocycles. The standard InChI is InChI=1S/C19H17N5/c1-13-11-15(7-9-20-13)3-6-17-12-24(14(2)22-17)18-8-10-21-19(23-18)16-4-5-16/h7-12,16H,4-5H2,1-2H3. The van der Waals surface area contributed by atoms with E-state index in [2.05, 4.69) is 31.8 Å². The Morgan fingerprint density at radius 1 is 1.04 bits per heavy atom. The lowest BCUT2D eigenvalue weighted by molar-refractivity contribution is 0.860. The van der Waals surface area contributed by atoms with Crippen LogP contribution in [0.5, 0.6) is 0 Å². The number of aryl methyl sites for hydroxylation is 2. The number of aromatic nitrogens is 5. The molecule has 0 N–H and O–H groups in total. The van der Waals surface area contributed by atoms with Crippen molar-refractivity contribution in [2.45, 2.75) is 32.6 Å². The molecule has 0 bridgehead atoms. The molecule has 0 aliphatic heterocycles. The monoisotopic (exact) mass is 315 g/mol. The molecule has 0 spiro atoms. The second-order valence-electron chi connectivity index (χ2n) is 6.03. The summed E-state index contributed by atoms with van der Waals surface area (Å²) >= 11 is 0. The quantitative estimate of drug-likeness (QED) is 0.682. The van der Waals surface area contributed by atoms with E-state index in [1.165, 1.54) is 12.8 Å². The van der Waals surface area contributed by atoms with Crippen molar-refractivity contribution < 1.29 is 0 Å². The minimum Gasteiger partial charge on any atom is -0.287 e. The van der Waals surface area contributed by atoms with Gasteiger partial charge in [-0.1, -0.05) is 5.92 Å². The molecule has 0 aromatic carbocycles. The van der Waals surface area contributed by atoms with Gasteiger partial charge in [0, 0.05) is 35.8 Å². The summed E-state index contributed by atoms with van der Waals surface area (Å²) in [6.07, 6.45) is 7.89. The van der Waals surface area contributed by atoms with Gasteiger partial charge in [0.05, 0.1) is 0 Å². The van der Waals surface area contributed by atoms with Gasteiger partial charge in [-0.2, -0.15) is 0 Å². The molecule has 4 rings (SSSR count). The summed E-state index contributed by atoms with van der Waals surface area (Å²) in [6, 6.07) is 5.77. The summed E-state index contributed by atoms with van der Waals surface area (Å²) in [5, 5.41) is 0. The van der Waals surface area contributed by atoms with Crippen LogP contribution in [0.1, 0.15) is 47.4 Å². The largest absolute Gasteiger partial charge is 0.287 e. The molecular formula is C19H17N5. The van der Waals surface area contributed by atoms with Crippen LogP contribution >= 0.6 is 0 Å². The van der Waals surface area contributed by atoms with Crippen molar-refractivity contribution in [3.05, 3.63) is 65.4 Å². The first kappa shape index (κ1) is 14.6. The first-order valence-electron chi connectivity index (χ1n) is 8.03. The van der Waals surface area contributed by atoms with Gasteiger partial charge in [0.1, 0.15) is 23.2 Å². The summed E-state index contributed by atoms with van der Waals surface area (Å²) in [5.74, 6) is 9.43. The maximum atomic E-state index is 4.66. The van der Waals surface area contributed by atoms with Gasteiger partial charge >= 0.3 is 0 Å². The van der Waals surface area contributed by atoms with Crippen LogP contribution in [0.15, 0.2) is 36.8 Å². The predicted octanol–water partition coefficient (Wildman–Crippen LogP) is 2.95. The topological polar surface area (TPSA) is 56.5 Å². The molecule has 0 radical (unpaired) electrons. The average molecular weight is 315 g/mol. The first-order valence-corrected chi connectivity index (χ1v) is 8.03. The van der Waals surface area contributed by atoms with Crippen LogP contribution in [0, 0.1) is 25.7 Å². The van der Waals surface area contributed by atoms with Crippen LogP contribution in [-0.4, -0.2) is 24.5 Å². The van der Waals surface area contributed by atoms with E-state index in [-0.39, 0.29) is 0 Å². The number of nitrogens with zero attached hydrogens (tertiary/aromatic N) is 5. The molecule has 5 heteroatoms. The van der Waals surface area contributed by atoms with Crippen molar-refractivity contribution in [1.29, 1.82) is 0 Å². The molecule has 0 amide bonds. The van der Waals surface area contributed by atoms with Crippen molar-refractivity contribution in [3.8, 4) is 17.7 Å². The fourth-order valence-electron chi connectivity index (χ4n) is 2.56. The minimum absolute atomic E-state index is 0.531. The molecule has 1 aliphatic rings. The molecule has 5 nitrogen and oxygen atoms in total. The third-order valence-corrected chi connectivity index (χ3v) is 3.96. The summed E-state index contributed by atoms with van der Waals surface area (Å²) in [5.41, 5.74) is 2.62. The van der Waals surface area contributed by atoms with Gasteiger partial charge in [-0.05, 0) is 50.8 Å². The highest BCUT2D eigenvalue weighted by molar-refractivity contribution is 5.41. The van der Waals surface area contributed by atoms with E-state index in [1.54, 1.807) is 6.20 Å². The number of hydrogen-bond acceptors (Lipinski definition) is 4. The molecule has 0 atom stereocenters. The second-order valence-corrected chi connectivity index (χ2v) is 6.03. The van der Waals surface area contributed by atoms with Crippen molar-refractivity contribution in [1.82, 2.24) is 24.5 Å². The summed E-state index contributed by atoms with van der Waals surface area (Å²) in [4.78, 5) is 17.7. The van der Waals surface area contributed by atoms with Gasteiger partial charge in [-0.15, -0.1) is 0 Å². The second kappa shape index (κ2) is 5.89. The summed E-state index contributed by atoms with van der Waals surface area (Å²) < 4.78 is 1.97. The number of pyridine rings is 1. The highest BCUT2D eigenvalue weighted by Gasteiger charge is 2.26. The maximum Gasteiger partial charge on any atom is 0.141 e. The Bertz CT molecular complexity index is 957. The van der Waals surface area contributed by atoms with Crippen LogP contribution in [-0.2, 0) is 0 Å². The minimum atomic E-state index is 0.531. The number of rotatable bonds is 2. The highest BCUT2D eigenvalue weighted by Crippen LogP contribution is 2.37.